The fourth-order valence-corrected chi connectivity index (χ4v) is 2.97. The molecule has 37 heavy (non-hydrogen) atoms. The zero-order chi connectivity index (χ0) is 31.1. The van der Waals surface area contributed by atoms with Gasteiger partial charge in [-0.25, -0.2) is 8.42 Å². The second kappa shape index (κ2) is 8.40. The average molecular weight is 635 g/mol. The fraction of sp³-hybridized carbons (Fsp3) is 1.00. The van der Waals surface area contributed by atoms with Crippen molar-refractivity contribution in [3.8, 4) is 0 Å². The van der Waals surface area contributed by atoms with E-state index in [0.717, 1.165) is 0 Å². The van der Waals surface area contributed by atoms with Crippen molar-refractivity contribution in [2.24, 2.45) is 0 Å². The maximum Gasteiger partial charge on any atom is 0.469 e. The van der Waals surface area contributed by atoms with E-state index in [1.54, 1.807) is 0 Å². The molecule has 0 fully saturated rings. The van der Waals surface area contributed by atoms with Crippen molar-refractivity contribution in [3.63, 3.8) is 0 Å². The topological polar surface area (TPSA) is 37.4 Å². The summed E-state index contributed by atoms with van der Waals surface area (Å²) in [5.74, 6) is -17.5. The maximum absolute atomic E-state index is 13.7. The number of alkyl halides is 23. The number of hydrogen-bond donors (Lipinski definition) is 0. The van der Waals surface area contributed by atoms with Crippen LogP contribution in [0.2, 0.25) is 0 Å². The average Bonchev–Trinajstić information content (AvgIpc) is 2.56. The Morgan fingerprint density at radius 2 is 0.622 bits per heavy atom. The summed E-state index contributed by atoms with van der Waals surface area (Å²) in [4.78, 5) is -5.43. The Balaban J connectivity index is 7.63. The van der Waals surface area contributed by atoms with Gasteiger partial charge in [0.05, 0.1) is 0 Å². The largest absolute Gasteiger partial charge is 0.469 e. The van der Waals surface area contributed by atoms with Gasteiger partial charge < -0.3 is 0 Å². The summed E-state index contributed by atoms with van der Waals surface area (Å²) in [6, 6.07) is -26.8. The first kappa shape index (κ1) is 35.3. The molecular formula is C10F23NO2S. The summed E-state index contributed by atoms with van der Waals surface area (Å²) >= 11 is 0. The smallest absolute Gasteiger partial charge is 0.216 e. The van der Waals surface area contributed by atoms with E-state index in [-0.39, 0.29) is 0 Å². The first-order valence-corrected chi connectivity index (χ1v) is 8.74. The molecule has 0 atom stereocenters. The minimum atomic E-state index is -10.2. The molecule has 0 bridgehead atoms. The highest BCUT2D eigenvalue weighted by molar-refractivity contribution is 7.93. The standard InChI is InChI=1S/C10F23NO2S/c11-1(12,3(15,16)17)2(13,14)9(30,31)37(35,36)10(32,33)8(28,29)34(6(24,25)4(18,19)20)7(26,27)5(21,22)23. The molecule has 0 spiro atoms. The van der Waals surface area contributed by atoms with Crippen molar-refractivity contribution in [1.82, 2.24) is 4.90 Å². The lowest BCUT2D eigenvalue weighted by Gasteiger charge is -2.44. The molecule has 0 N–H and O–H groups in total. The molecule has 0 saturated carbocycles. The van der Waals surface area contributed by atoms with Gasteiger partial charge in [-0.05, 0) is 0 Å². The van der Waals surface area contributed by atoms with Crippen LogP contribution in [-0.2, 0) is 9.84 Å². The Morgan fingerprint density at radius 1 is 0.351 bits per heavy atom. The maximum atomic E-state index is 13.7. The third kappa shape index (κ3) is 4.59. The summed E-state index contributed by atoms with van der Waals surface area (Å²) in [5.41, 5.74) is 0. The summed E-state index contributed by atoms with van der Waals surface area (Å²) < 4.78 is 317. The van der Waals surface area contributed by atoms with Crippen LogP contribution < -0.4 is 0 Å². The zero-order valence-corrected chi connectivity index (χ0v) is 16.2. The highest BCUT2D eigenvalue weighted by Gasteiger charge is 2.93. The first-order valence-electron chi connectivity index (χ1n) is 7.26. The Morgan fingerprint density at radius 3 is 0.838 bits per heavy atom. The molecule has 224 valence electrons. The van der Waals surface area contributed by atoms with Crippen LogP contribution in [0.3, 0.4) is 0 Å². The predicted octanol–water partition coefficient (Wildman–Crippen LogP) is 6.62. The van der Waals surface area contributed by atoms with Crippen molar-refractivity contribution in [2.45, 2.75) is 59.0 Å². The van der Waals surface area contributed by atoms with E-state index >= 15 is 0 Å². The summed E-state index contributed by atoms with van der Waals surface area (Å²) in [5, 5.41) is -18.4. The molecule has 3 nitrogen and oxygen atoms in total. The van der Waals surface area contributed by atoms with Crippen molar-refractivity contribution in [1.29, 1.82) is 0 Å². The number of sulfone groups is 1. The second-order valence-electron chi connectivity index (χ2n) is 6.14. The van der Waals surface area contributed by atoms with Crippen LogP contribution >= 0.6 is 0 Å². The van der Waals surface area contributed by atoms with Gasteiger partial charge in [0, 0.05) is 0 Å². The summed E-state index contributed by atoms with van der Waals surface area (Å²) in [6.07, 6.45) is -24.7. The Hall–Kier alpha value is -1.70. The molecule has 0 rings (SSSR count). The third-order valence-corrected chi connectivity index (χ3v) is 5.52. The summed E-state index contributed by atoms with van der Waals surface area (Å²) in [6.45, 7) is 0. The summed E-state index contributed by atoms with van der Waals surface area (Å²) in [7, 11) is -10.2. The van der Waals surface area contributed by atoms with E-state index in [1.807, 2.05) is 0 Å². The molecule has 0 radical (unpaired) electrons. The van der Waals surface area contributed by atoms with E-state index < -0.39 is 73.8 Å². The van der Waals surface area contributed by atoms with Crippen molar-refractivity contribution in [3.05, 3.63) is 0 Å². The number of rotatable bonds is 8. The Labute approximate surface area is 184 Å². The molecule has 0 aliphatic carbocycles. The highest BCUT2D eigenvalue weighted by atomic mass is 32.2. The third-order valence-electron chi connectivity index (χ3n) is 3.67. The van der Waals surface area contributed by atoms with Gasteiger partial charge in [-0.1, -0.05) is 4.90 Å². The van der Waals surface area contributed by atoms with Gasteiger partial charge in [0.15, 0.2) is 0 Å². The number of nitrogens with zero attached hydrogens (tertiary/aromatic N) is 1. The minimum absolute atomic E-state index is 5.43. The van der Waals surface area contributed by atoms with E-state index in [9.17, 15) is 109 Å². The van der Waals surface area contributed by atoms with Gasteiger partial charge >= 0.3 is 59.0 Å². The van der Waals surface area contributed by atoms with Crippen LogP contribution in [0, 0.1) is 0 Å². The quantitative estimate of drug-likeness (QED) is 0.222. The molecule has 0 aromatic heterocycles. The van der Waals surface area contributed by atoms with E-state index in [4.69, 9.17) is 0 Å². The molecule has 0 unspecified atom stereocenters. The van der Waals surface area contributed by atoms with Gasteiger partial charge in [-0.15, -0.1) is 0 Å². The molecule has 0 saturated heterocycles. The lowest BCUT2D eigenvalue weighted by Crippen LogP contribution is -2.76. The van der Waals surface area contributed by atoms with Crippen molar-refractivity contribution < 1.29 is 109 Å². The predicted molar refractivity (Wildman–Crippen MR) is 63.6 cm³/mol. The van der Waals surface area contributed by atoms with Crippen LogP contribution in [0.1, 0.15) is 0 Å². The van der Waals surface area contributed by atoms with Crippen LogP contribution in [0.4, 0.5) is 101 Å². The first-order chi connectivity index (χ1) is 15.4. The van der Waals surface area contributed by atoms with Gasteiger partial charge in [0.2, 0.25) is 0 Å². The molecule has 0 aromatic carbocycles. The molecule has 0 aromatic rings. The van der Waals surface area contributed by atoms with Crippen LogP contribution in [0.5, 0.6) is 0 Å². The van der Waals surface area contributed by atoms with Crippen LogP contribution in [0.15, 0.2) is 0 Å². The van der Waals surface area contributed by atoms with Crippen molar-refractivity contribution >= 4 is 9.84 Å². The highest BCUT2D eigenvalue weighted by Crippen LogP contribution is 2.61. The van der Waals surface area contributed by atoms with Gasteiger partial charge in [0.25, 0.3) is 9.84 Å². The number of halogens is 23. The van der Waals surface area contributed by atoms with Crippen LogP contribution in [0.25, 0.3) is 0 Å². The SMILES string of the molecule is O=S(=O)(C(F)(F)C(F)(F)N(C(F)(F)C(F)(F)F)C(F)(F)C(F)(F)F)C(F)(F)C(F)(F)C(F)(F)C(F)(F)F. The van der Waals surface area contributed by atoms with E-state index in [0.29, 0.717) is 0 Å². The lowest BCUT2D eigenvalue weighted by atomic mass is 10.1. The fourth-order valence-electron chi connectivity index (χ4n) is 1.76. The second-order valence-corrected chi connectivity index (χ2v) is 8.17. The number of hydrogen-bond acceptors (Lipinski definition) is 3. The molecular weight excluding hydrogens is 635 g/mol. The lowest BCUT2D eigenvalue weighted by molar-refractivity contribution is -0.490. The Kier molecular flexibility index (Phi) is 8.01. The van der Waals surface area contributed by atoms with Crippen LogP contribution in [-0.4, -0.2) is 72.3 Å². The van der Waals surface area contributed by atoms with Crippen molar-refractivity contribution in [2.75, 3.05) is 0 Å². The minimum Gasteiger partial charge on any atom is -0.216 e. The normalized spacial score (nSPS) is 17.0. The zero-order valence-electron chi connectivity index (χ0n) is 15.4. The monoisotopic (exact) mass is 635 g/mol. The Bertz CT molecular complexity index is 925. The molecule has 0 aliphatic heterocycles. The molecule has 0 aliphatic rings. The molecule has 0 heterocycles. The molecule has 0 amide bonds. The van der Waals surface area contributed by atoms with E-state index in [2.05, 4.69) is 0 Å². The van der Waals surface area contributed by atoms with Gasteiger partial charge in [-0.3, -0.25) is 0 Å². The molecule has 27 heteroatoms. The van der Waals surface area contributed by atoms with E-state index in [1.165, 1.54) is 0 Å². The van der Waals surface area contributed by atoms with Gasteiger partial charge in [0.1, 0.15) is 0 Å². The van der Waals surface area contributed by atoms with Gasteiger partial charge in [-0.2, -0.15) is 101 Å².